The van der Waals surface area contributed by atoms with Crippen LogP contribution in [0, 0.1) is 0 Å². The minimum Gasteiger partial charge on any atom is -0.466 e. The van der Waals surface area contributed by atoms with E-state index < -0.39 is 5.79 Å². The molecule has 84 valence electrons. The summed E-state index contributed by atoms with van der Waals surface area (Å²) in [6.07, 6.45) is 6.16. The fourth-order valence-electron chi connectivity index (χ4n) is 2.05. The van der Waals surface area contributed by atoms with Gasteiger partial charge in [0, 0.05) is 19.3 Å². The maximum atomic E-state index is 11.0. The van der Waals surface area contributed by atoms with Crippen molar-refractivity contribution in [2.75, 3.05) is 13.7 Å². The minimum atomic E-state index is -0.446. The van der Waals surface area contributed by atoms with Gasteiger partial charge in [-0.05, 0) is 12.8 Å². The van der Waals surface area contributed by atoms with E-state index in [4.69, 9.17) is 9.47 Å². The predicted octanol–water partition coefficient (Wildman–Crippen LogP) is 1.75. The lowest BCUT2D eigenvalue weighted by molar-refractivity contribution is -0.216. The van der Waals surface area contributed by atoms with Gasteiger partial charge in [-0.15, -0.1) is 0 Å². The summed E-state index contributed by atoms with van der Waals surface area (Å²) in [4.78, 5) is 11.0. The number of carbonyl (C=O) groups excluding carboxylic acids is 1. The quantitative estimate of drug-likeness (QED) is 0.490. The van der Waals surface area contributed by atoms with E-state index in [9.17, 15) is 4.79 Å². The Bertz CT molecular complexity index is 276. The Morgan fingerprint density at radius 2 is 2.33 bits per heavy atom. The zero-order valence-electron chi connectivity index (χ0n) is 8.95. The molecule has 4 heteroatoms. The molecule has 1 atom stereocenters. The van der Waals surface area contributed by atoms with Crippen molar-refractivity contribution in [2.45, 2.75) is 37.9 Å². The van der Waals surface area contributed by atoms with Crippen LogP contribution in [0.5, 0.6) is 0 Å². The molecule has 2 aliphatic heterocycles. The summed E-state index contributed by atoms with van der Waals surface area (Å²) in [5.74, 6) is -0.125. The Kier molecular flexibility index (Phi) is 2.95. The van der Waals surface area contributed by atoms with Gasteiger partial charge in [0.2, 0.25) is 5.79 Å². The highest BCUT2D eigenvalue weighted by molar-refractivity contribution is 5.82. The zero-order valence-corrected chi connectivity index (χ0v) is 8.95. The van der Waals surface area contributed by atoms with Gasteiger partial charge in [-0.3, -0.25) is 0 Å². The number of hydrogen-bond donors (Lipinski definition) is 0. The molecule has 0 amide bonds. The second-order valence-electron chi connectivity index (χ2n) is 3.95. The molecule has 0 aliphatic carbocycles. The third kappa shape index (κ3) is 2.31. The summed E-state index contributed by atoms with van der Waals surface area (Å²) in [5, 5.41) is 0. The van der Waals surface area contributed by atoms with Crippen LogP contribution in [0.4, 0.5) is 0 Å². The van der Waals surface area contributed by atoms with Crippen molar-refractivity contribution in [1.29, 1.82) is 0 Å². The van der Waals surface area contributed by atoms with Crippen molar-refractivity contribution >= 4 is 5.97 Å². The number of hydrogen-bond acceptors (Lipinski definition) is 4. The fraction of sp³-hybridized carbons (Fsp3) is 0.727. The molecule has 2 saturated heterocycles. The molecule has 0 radical (unpaired) electrons. The summed E-state index contributed by atoms with van der Waals surface area (Å²) in [6, 6.07) is 0. The van der Waals surface area contributed by atoms with Crippen LogP contribution in [-0.4, -0.2) is 25.5 Å². The topological polar surface area (TPSA) is 44.8 Å². The summed E-state index contributed by atoms with van der Waals surface area (Å²) in [7, 11) is 1.36. The van der Waals surface area contributed by atoms with Crippen LogP contribution in [0.2, 0.25) is 0 Å². The summed E-state index contributed by atoms with van der Waals surface area (Å²) in [6.45, 7) is 0.755. The maximum absolute atomic E-state index is 11.0. The van der Waals surface area contributed by atoms with Gasteiger partial charge < -0.3 is 14.2 Å². The molecule has 1 unspecified atom stereocenters. The van der Waals surface area contributed by atoms with Crippen molar-refractivity contribution in [3.05, 3.63) is 11.8 Å². The van der Waals surface area contributed by atoms with E-state index >= 15 is 0 Å². The molecule has 0 N–H and O–H groups in total. The van der Waals surface area contributed by atoms with Crippen molar-refractivity contribution in [2.24, 2.45) is 0 Å². The maximum Gasteiger partial charge on any atom is 0.333 e. The molecule has 4 nitrogen and oxygen atoms in total. The Hall–Kier alpha value is -1.03. The normalized spacial score (nSPS) is 33.0. The zero-order chi connectivity index (χ0) is 10.7. The fourth-order valence-corrected chi connectivity index (χ4v) is 2.05. The predicted molar refractivity (Wildman–Crippen MR) is 53.0 cm³/mol. The van der Waals surface area contributed by atoms with Gasteiger partial charge in [0.15, 0.2) is 0 Å². The Morgan fingerprint density at radius 1 is 1.47 bits per heavy atom. The highest BCUT2D eigenvalue weighted by atomic mass is 16.7. The van der Waals surface area contributed by atoms with Gasteiger partial charge in [-0.1, -0.05) is 0 Å². The number of carbonyl (C=O) groups is 1. The molecule has 2 fully saturated rings. The first-order valence-electron chi connectivity index (χ1n) is 5.36. The molecule has 1 spiro atoms. The highest BCUT2D eigenvalue weighted by Gasteiger charge is 2.40. The van der Waals surface area contributed by atoms with E-state index in [-0.39, 0.29) is 5.97 Å². The number of methoxy groups -OCH3 is 1. The lowest BCUT2D eigenvalue weighted by Crippen LogP contribution is -2.34. The number of rotatable bonds is 1. The largest absolute Gasteiger partial charge is 0.466 e. The molecular weight excluding hydrogens is 196 g/mol. The second kappa shape index (κ2) is 4.23. The third-order valence-electron chi connectivity index (χ3n) is 2.87. The summed E-state index contributed by atoms with van der Waals surface area (Å²) >= 11 is 0. The Balaban J connectivity index is 1.99. The Labute approximate surface area is 89.2 Å². The van der Waals surface area contributed by atoms with E-state index in [1.54, 1.807) is 0 Å². The minimum absolute atomic E-state index is 0.363. The number of esters is 1. The number of allylic oxidation sites excluding steroid dienone is 1. The summed E-state index contributed by atoms with van der Waals surface area (Å²) in [5.41, 5.74) is 0. The first kappa shape index (κ1) is 10.5. The van der Waals surface area contributed by atoms with Crippen LogP contribution in [0.1, 0.15) is 32.1 Å². The monoisotopic (exact) mass is 212 g/mol. The molecule has 2 heterocycles. The average molecular weight is 212 g/mol. The molecule has 0 saturated carbocycles. The molecule has 15 heavy (non-hydrogen) atoms. The van der Waals surface area contributed by atoms with Crippen molar-refractivity contribution in [3.63, 3.8) is 0 Å². The summed E-state index contributed by atoms with van der Waals surface area (Å²) < 4.78 is 15.9. The molecule has 2 aliphatic rings. The van der Waals surface area contributed by atoms with Crippen LogP contribution in [0.25, 0.3) is 0 Å². The van der Waals surface area contributed by atoms with Crippen LogP contribution in [0.3, 0.4) is 0 Å². The lowest BCUT2D eigenvalue weighted by atomic mass is 10.0. The van der Waals surface area contributed by atoms with E-state index in [1.165, 1.54) is 13.2 Å². The van der Waals surface area contributed by atoms with Crippen LogP contribution < -0.4 is 0 Å². The van der Waals surface area contributed by atoms with Gasteiger partial charge in [-0.25, -0.2) is 4.79 Å². The van der Waals surface area contributed by atoms with Crippen molar-refractivity contribution < 1.29 is 19.0 Å². The molecule has 0 bridgehead atoms. The van der Waals surface area contributed by atoms with Gasteiger partial charge in [0.25, 0.3) is 0 Å². The molecule has 2 rings (SSSR count). The first-order valence-corrected chi connectivity index (χ1v) is 5.36. The first-order chi connectivity index (χ1) is 7.24. The third-order valence-corrected chi connectivity index (χ3v) is 2.87. The molecule has 0 aromatic carbocycles. The molecular formula is C11H16O4. The molecule has 0 aromatic heterocycles. The number of ether oxygens (including phenoxy) is 3. The SMILES string of the molecule is COC(=O)/C=C1/CCC2(CCCCO2)O1. The standard InChI is InChI=1S/C11H16O4/c1-13-10(12)8-9-4-6-11(15-9)5-2-3-7-14-11/h8H,2-7H2,1H3/b9-8-. The molecule has 0 aromatic rings. The Morgan fingerprint density at radius 3 is 3.00 bits per heavy atom. The van der Waals surface area contributed by atoms with Crippen molar-refractivity contribution in [1.82, 2.24) is 0 Å². The van der Waals surface area contributed by atoms with E-state index in [1.807, 2.05) is 0 Å². The van der Waals surface area contributed by atoms with Crippen LogP contribution in [-0.2, 0) is 19.0 Å². The van der Waals surface area contributed by atoms with E-state index in [0.717, 1.165) is 38.7 Å². The highest BCUT2D eigenvalue weighted by Crippen LogP contribution is 2.40. The van der Waals surface area contributed by atoms with Gasteiger partial charge in [0.1, 0.15) is 5.76 Å². The van der Waals surface area contributed by atoms with Crippen LogP contribution >= 0.6 is 0 Å². The van der Waals surface area contributed by atoms with Crippen molar-refractivity contribution in [3.8, 4) is 0 Å². The second-order valence-corrected chi connectivity index (χ2v) is 3.95. The van der Waals surface area contributed by atoms with Gasteiger partial charge >= 0.3 is 5.97 Å². The van der Waals surface area contributed by atoms with E-state index in [0.29, 0.717) is 5.76 Å². The average Bonchev–Trinajstić information content (AvgIpc) is 2.62. The van der Waals surface area contributed by atoms with Gasteiger partial charge in [0.05, 0.1) is 19.8 Å². The smallest absolute Gasteiger partial charge is 0.333 e. The van der Waals surface area contributed by atoms with Crippen LogP contribution in [0.15, 0.2) is 11.8 Å². The lowest BCUT2D eigenvalue weighted by Gasteiger charge is -2.32. The van der Waals surface area contributed by atoms with E-state index in [2.05, 4.69) is 4.74 Å². The van der Waals surface area contributed by atoms with Gasteiger partial charge in [-0.2, -0.15) is 0 Å².